The number of likely N-dealkylation sites (tertiary alicyclic amines) is 1. The van der Waals surface area contributed by atoms with Crippen molar-refractivity contribution in [3.63, 3.8) is 0 Å². The minimum Gasteiger partial charge on any atom is -0.363 e. The van der Waals surface area contributed by atoms with Gasteiger partial charge in [-0.1, -0.05) is 13.8 Å². The van der Waals surface area contributed by atoms with Crippen LogP contribution in [0.15, 0.2) is 0 Å². The van der Waals surface area contributed by atoms with Gasteiger partial charge < -0.3 is 15.4 Å². The molecule has 68 valence electrons. The van der Waals surface area contributed by atoms with Crippen molar-refractivity contribution in [3.05, 3.63) is 0 Å². The van der Waals surface area contributed by atoms with Crippen LogP contribution in [0.4, 0.5) is 0 Å². The van der Waals surface area contributed by atoms with Crippen LogP contribution in [0.1, 0.15) is 20.3 Å². The van der Waals surface area contributed by atoms with Crippen molar-refractivity contribution in [1.82, 2.24) is 4.90 Å². The molecule has 1 fully saturated rings. The first-order valence-electron chi connectivity index (χ1n) is 4.19. The van der Waals surface area contributed by atoms with Crippen molar-refractivity contribution in [2.45, 2.75) is 26.0 Å². The second kappa shape index (κ2) is 4.70. The molecule has 0 aliphatic carbocycles. The third kappa shape index (κ3) is 3.18. The van der Waals surface area contributed by atoms with E-state index >= 15 is 0 Å². The summed E-state index contributed by atoms with van der Waals surface area (Å²) in [6, 6.07) is 0. The van der Waals surface area contributed by atoms with Gasteiger partial charge >= 0.3 is 0 Å². The summed E-state index contributed by atoms with van der Waals surface area (Å²) in [6.45, 7) is 5.90. The highest BCUT2D eigenvalue weighted by molar-refractivity contribution is 4.84. The predicted octanol–water partition coefficient (Wildman–Crippen LogP) is 0.649. The van der Waals surface area contributed by atoms with Crippen molar-refractivity contribution < 1.29 is 4.74 Å². The molecule has 0 bridgehead atoms. The Labute approximate surface area is 69.5 Å². The topological polar surface area (TPSA) is 38.5 Å². The average molecular weight is 160 g/mol. The van der Waals surface area contributed by atoms with Crippen LogP contribution in [-0.4, -0.2) is 37.9 Å². The summed E-state index contributed by atoms with van der Waals surface area (Å²) in [5, 5.41) is 0. The van der Waals surface area contributed by atoms with Crippen LogP contribution in [0, 0.1) is 0 Å². The summed E-state index contributed by atoms with van der Waals surface area (Å²) in [5.41, 5.74) is 5.42. The Balaban J connectivity index is 0.000000461. The van der Waals surface area contributed by atoms with Crippen LogP contribution in [-0.2, 0) is 4.74 Å². The minimum atomic E-state index is -0.366. The van der Waals surface area contributed by atoms with Gasteiger partial charge in [-0.25, -0.2) is 0 Å². The number of hydrogen-bond donors (Lipinski definition) is 1. The van der Waals surface area contributed by atoms with E-state index in [1.165, 1.54) is 0 Å². The Morgan fingerprint density at radius 1 is 1.45 bits per heavy atom. The van der Waals surface area contributed by atoms with Gasteiger partial charge in [0.05, 0.1) is 0 Å². The van der Waals surface area contributed by atoms with Gasteiger partial charge in [-0.3, -0.25) is 0 Å². The largest absolute Gasteiger partial charge is 0.363 e. The van der Waals surface area contributed by atoms with Gasteiger partial charge in [0.2, 0.25) is 0 Å². The quantitative estimate of drug-likeness (QED) is 0.572. The fraction of sp³-hybridized carbons (Fsp3) is 1.00. The number of likely N-dealkylation sites (N-methyl/N-ethyl adjacent to an activating group) is 1. The molecular formula is C8H20N2O. The number of nitrogens with two attached hydrogens (primary N) is 1. The summed E-state index contributed by atoms with van der Waals surface area (Å²) in [6.07, 6.45) is 0.944. The van der Waals surface area contributed by atoms with E-state index in [1.807, 2.05) is 20.9 Å². The maximum atomic E-state index is 5.78. The van der Waals surface area contributed by atoms with E-state index in [0.29, 0.717) is 0 Å². The predicted molar refractivity (Wildman–Crippen MR) is 47.4 cm³/mol. The Bertz CT molecular complexity index is 108. The van der Waals surface area contributed by atoms with Crippen molar-refractivity contribution in [1.29, 1.82) is 0 Å². The van der Waals surface area contributed by atoms with Crippen molar-refractivity contribution in [2.24, 2.45) is 5.73 Å². The fourth-order valence-electron chi connectivity index (χ4n) is 1.16. The summed E-state index contributed by atoms with van der Waals surface area (Å²) >= 11 is 0. The molecule has 0 saturated carbocycles. The molecule has 1 saturated heterocycles. The molecule has 0 amide bonds. The standard InChI is InChI=1S/C6H14N2O.C2H6/c1-8-4-3-6(7,5-8)9-2;1-2/h3-5,7H2,1-2H3;1-2H3. The molecule has 0 aromatic carbocycles. The lowest BCUT2D eigenvalue weighted by Gasteiger charge is -2.20. The lowest BCUT2D eigenvalue weighted by atomic mass is 10.2. The molecule has 0 spiro atoms. The molecule has 0 aromatic rings. The highest BCUT2D eigenvalue weighted by Gasteiger charge is 2.31. The first-order chi connectivity index (χ1) is 5.16. The van der Waals surface area contributed by atoms with Gasteiger partial charge in [0.25, 0.3) is 0 Å². The third-order valence-electron chi connectivity index (χ3n) is 1.86. The Morgan fingerprint density at radius 2 is 2.00 bits per heavy atom. The molecule has 3 nitrogen and oxygen atoms in total. The minimum absolute atomic E-state index is 0.366. The number of methoxy groups -OCH3 is 1. The molecule has 3 heteroatoms. The maximum absolute atomic E-state index is 5.78. The van der Waals surface area contributed by atoms with Crippen molar-refractivity contribution in [2.75, 3.05) is 27.2 Å². The first kappa shape index (κ1) is 10.9. The monoisotopic (exact) mass is 160 g/mol. The molecule has 11 heavy (non-hydrogen) atoms. The van der Waals surface area contributed by atoms with Gasteiger partial charge in [-0.15, -0.1) is 0 Å². The summed E-state index contributed by atoms with van der Waals surface area (Å²) in [5.74, 6) is 0. The molecule has 1 aliphatic heterocycles. The van der Waals surface area contributed by atoms with E-state index in [-0.39, 0.29) is 5.72 Å². The number of nitrogens with zero attached hydrogens (tertiary/aromatic N) is 1. The normalized spacial score (nSPS) is 31.4. The van der Waals surface area contributed by atoms with Gasteiger partial charge in [0.1, 0.15) is 5.72 Å². The Kier molecular flexibility index (Phi) is 4.65. The molecule has 1 atom stereocenters. The molecular weight excluding hydrogens is 140 g/mol. The lowest BCUT2D eigenvalue weighted by Crippen LogP contribution is -2.43. The SMILES string of the molecule is CC.COC1(N)CCN(C)C1. The second-order valence-corrected chi connectivity index (χ2v) is 2.76. The smallest absolute Gasteiger partial charge is 0.130 e. The number of ether oxygens (including phenoxy) is 1. The Morgan fingerprint density at radius 3 is 2.18 bits per heavy atom. The zero-order chi connectivity index (χ0) is 8.91. The number of hydrogen-bond acceptors (Lipinski definition) is 3. The van der Waals surface area contributed by atoms with Crippen LogP contribution in [0.25, 0.3) is 0 Å². The first-order valence-corrected chi connectivity index (χ1v) is 4.19. The van der Waals surface area contributed by atoms with E-state index in [9.17, 15) is 0 Å². The van der Waals surface area contributed by atoms with E-state index in [1.54, 1.807) is 7.11 Å². The molecule has 0 aromatic heterocycles. The zero-order valence-corrected chi connectivity index (χ0v) is 8.05. The van der Waals surface area contributed by atoms with E-state index < -0.39 is 0 Å². The van der Waals surface area contributed by atoms with Crippen molar-refractivity contribution in [3.8, 4) is 0 Å². The number of rotatable bonds is 1. The molecule has 0 radical (unpaired) electrons. The second-order valence-electron chi connectivity index (χ2n) is 2.76. The van der Waals surface area contributed by atoms with Crippen LogP contribution in [0.5, 0.6) is 0 Å². The third-order valence-corrected chi connectivity index (χ3v) is 1.86. The van der Waals surface area contributed by atoms with Crippen molar-refractivity contribution >= 4 is 0 Å². The lowest BCUT2D eigenvalue weighted by molar-refractivity contribution is 0.00585. The summed E-state index contributed by atoms with van der Waals surface area (Å²) < 4.78 is 5.11. The van der Waals surface area contributed by atoms with Crippen LogP contribution >= 0.6 is 0 Å². The highest BCUT2D eigenvalue weighted by atomic mass is 16.5. The molecule has 1 heterocycles. The molecule has 1 rings (SSSR count). The molecule has 1 aliphatic rings. The van der Waals surface area contributed by atoms with Crippen LogP contribution in [0.2, 0.25) is 0 Å². The molecule has 2 N–H and O–H groups in total. The van der Waals surface area contributed by atoms with Gasteiger partial charge in [0, 0.05) is 26.6 Å². The Hall–Kier alpha value is -0.120. The maximum Gasteiger partial charge on any atom is 0.130 e. The summed E-state index contributed by atoms with van der Waals surface area (Å²) in [7, 11) is 3.72. The van der Waals surface area contributed by atoms with Crippen LogP contribution in [0.3, 0.4) is 0 Å². The zero-order valence-electron chi connectivity index (χ0n) is 8.05. The molecule has 1 unspecified atom stereocenters. The average Bonchev–Trinajstić information content (AvgIpc) is 2.37. The van der Waals surface area contributed by atoms with Gasteiger partial charge in [-0.2, -0.15) is 0 Å². The van der Waals surface area contributed by atoms with Crippen LogP contribution < -0.4 is 5.73 Å². The fourth-order valence-corrected chi connectivity index (χ4v) is 1.16. The summed E-state index contributed by atoms with van der Waals surface area (Å²) in [4.78, 5) is 2.17. The van der Waals surface area contributed by atoms with E-state index in [2.05, 4.69) is 4.90 Å². The highest BCUT2D eigenvalue weighted by Crippen LogP contribution is 2.16. The van der Waals surface area contributed by atoms with Gasteiger partial charge in [0.15, 0.2) is 0 Å². The van der Waals surface area contributed by atoms with Gasteiger partial charge in [-0.05, 0) is 7.05 Å². The van der Waals surface area contributed by atoms with E-state index in [0.717, 1.165) is 19.5 Å². The van der Waals surface area contributed by atoms with E-state index in [4.69, 9.17) is 10.5 Å².